The topological polar surface area (TPSA) is 32.3 Å². The lowest BCUT2D eigenvalue weighted by molar-refractivity contribution is -0.159. The first-order valence-corrected chi connectivity index (χ1v) is 7.46. The lowest BCUT2D eigenvalue weighted by Crippen LogP contribution is -2.49. The van der Waals surface area contributed by atoms with Gasteiger partial charge in [0.2, 0.25) is 5.91 Å². The highest BCUT2D eigenvalue weighted by Crippen LogP contribution is 2.37. The van der Waals surface area contributed by atoms with E-state index in [9.17, 15) is 22.4 Å². The number of hydrogen-bond acceptors (Lipinski definition) is 2. The van der Waals surface area contributed by atoms with Gasteiger partial charge in [0, 0.05) is 0 Å². The minimum absolute atomic E-state index is 0.0656. The standard InChI is InChI=1S/C14H22F4N2O/c1-3-13(2)12(21)20(8-14(17,18)11(15)16)10(19-13)9-6-4-5-7-9/h9-11,19H,3-8H2,1-2H3. The normalized spacial score (nSPS) is 31.7. The first-order chi connectivity index (χ1) is 9.71. The Morgan fingerprint density at radius 2 is 1.95 bits per heavy atom. The van der Waals surface area contributed by atoms with E-state index in [0.717, 1.165) is 30.6 Å². The van der Waals surface area contributed by atoms with Crippen molar-refractivity contribution in [1.29, 1.82) is 0 Å². The minimum Gasteiger partial charge on any atom is -0.319 e. The Bertz CT molecular complexity index is 398. The molecule has 1 amide bonds. The smallest absolute Gasteiger partial charge is 0.319 e. The van der Waals surface area contributed by atoms with Crippen molar-refractivity contribution in [2.75, 3.05) is 6.54 Å². The van der Waals surface area contributed by atoms with Gasteiger partial charge in [-0.2, -0.15) is 8.78 Å². The third-order valence-electron chi connectivity index (χ3n) is 4.79. The summed E-state index contributed by atoms with van der Waals surface area (Å²) in [6, 6.07) is 0. The molecule has 0 radical (unpaired) electrons. The van der Waals surface area contributed by atoms with Crippen molar-refractivity contribution >= 4 is 5.91 Å². The zero-order chi connectivity index (χ0) is 15.8. The Hall–Kier alpha value is -0.850. The van der Waals surface area contributed by atoms with Crippen LogP contribution in [0.3, 0.4) is 0 Å². The van der Waals surface area contributed by atoms with Gasteiger partial charge in [-0.15, -0.1) is 0 Å². The monoisotopic (exact) mass is 310 g/mol. The van der Waals surface area contributed by atoms with E-state index in [1.165, 1.54) is 0 Å². The number of amides is 1. The molecule has 2 rings (SSSR count). The van der Waals surface area contributed by atoms with Gasteiger partial charge in [-0.05, 0) is 32.1 Å². The van der Waals surface area contributed by atoms with Crippen molar-refractivity contribution < 1.29 is 22.4 Å². The van der Waals surface area contributed by atoms with Crippen LogP contribution in [0.2, 0.25) is 0 Å². The molecule has 1 saturated heterocycles. The number of nitrogens with one attached hydrogen (secondary N) is 1. The van der Waals surface area contributed by atoms with E-state index in [-0.39, 0.29) is 5.92 Å². The van der Waals surface area contributed by atoms with Crippen molar-refractivity contribution in [1.82, 2.24) is 10.2 Å². The molecular formula is C14H22F4N2O. The first kappa shape index (κ1) is 16.5. The second-order valence-corrected chi connectivity index (χ2v) is 6.31. The fourth-order valence-electron chi connectivity index (χ4n) is 3.27. The van der Waals surface area contributed by atoms with Crippen LogP contribution in [0.5, 0.6) is 0 Å². The summed E-state index contributed by atoms with van der Waals surface area (Å²) in [7, 11) is 0. The molecule has 0 spiro atoms. The van der Waals surface area contributed by atoms with Gasteiger partial charge in [-0.25, -0.2) is 8.78 Å². The molecule has 21 heavy (non-hydrogen) atoms. The number of rotatable bonds is 5. The molecule has 1 heterocycles. The van der Waals surface area contributed by atoms with Gasteiger partial charge >= 0.3 is 12.3 Å². The Morgan fingerprint density at radius 3 is 2.43 bits per heavy atom. The predicted molar refractivity (Wildman–Crippen MR) is 70.2 cm³/mol. The van der Waals surface area contributed by atoms with Gasteiger partial charge in [0.05, 0.1) is 18.2 Å². The number of hydrogen-bond donors (Lipinski definition) is 1. The van der Waals surface area contributed by atoms with E-state index >= 15 is 0 Å². The van der Waals surface area contributed by atoms with E-state index in [2.05, 4.69) is 5.32 Å². The fraction of sp³-hybridized carbons (Fsp3) is 0.929. The molecule has 2 unspecified atom stereocenters. The number of carbonyl (C=O) groups excluding carboxylic acids is 1. The van der Waals surface area contributed by atoms with Crippen LogP contribution >= 0.6 is 0 Å². The van der Waals surface area contributed by atoms with Gasteiger partial charge in [0.1, 0.15) is 0 Å². The van der Waals surface area contributed by atoms with Crippen molar-refractivity contribution in [2.24, 2.45) is 5.92 Å². The fourth-order valence-corrected chi connectivity index (χ4v) is 3.27. The van der Waals surface area contributed by atoms with Gasteiger partial charge in [-0.3, -0.25) is 10.1 Å². The lowest BCUT2D eigenvalue weighted by atomic mass is 9.99. The highest BCUT2D eigenvalue weighted by Gasteiger charge is 2.54. The molecule has 3 nitrogen and oxygen atoms in total. The Kier molecular flexibility index (Phi) is 4.52. The van der Waals surface area contributed by atoms with Crippen LogP contribution in [0.4, 0.5) is 17.6 Å². The largest absolute Gasteiger partial charge is 0.324 e. The highest BCUT2D eigenvalue weighted by atomic mass is 19.3. The quantitative estimate of drug-likeness (QED) is 0.792. The zero-order valence-corrected chi connectivity index (χ0v) is 12.3. The Morgan fingerprint density at radius 1 is 1.38 bits per heavy atom. The van der Waals surface area contributed by atoms with E-state index in [1.807, 2.05) is 0 Å². The zero-order valence-electron chi connectivity index (χ0n) is 12.3. The SMILES string of the molecule is CCC1(C)NC(C2CCCC2)N(CC(F)(F)C(F)F)C1=O. The van der Waals surface area contributed by atoms with Crippen LogP contribution in [-0.2, 0) is 4.79 Å². The maximum absolute atomic E-state index is 13.4. The summed E-state index contributed by atoms with van der Waals surface area (Å²) in [6.45, 7) is 2.22. The summed E-state index contributed by atoms with van der Waals surface area (Å²) in [6.07, 6.45) is -0.246. The summed E-state index contributed by atoms with van der Waals surface area (Å²) in [5, 5.41) is 3.12. The van der Waals surface area contributed by atoms with E-state index < -0.39 is 36.5 Å². The number of carbonyl (C=O) groups is 1. The van der Waals surface area contributed by atoms with Crippen molar-refractivity contribution in [3.63, 3.8) is 0 Å². The third-order valence-corrected chi connectivity index (χ3v) is 4.79. The summed E-state index contributed by atoms with van der Waals surface area (Å²) in [5.41, 5.74) is -0.939. The molecule has 0 aromatic heterocycles. The Labute approximate surface area is 122 Å². The molecular weight excluding hydrogens is 288 g/mol. The molecule has 1 aliphatic carbocycles. The van der Waals surface area contributed by atoms with E-state index in [0.29, 0.717) is 6.42 Å². The second-order valence-electron chi connectivity index (χ2n) is 6.31. The minimum atomic E-state index is -4.17. The molecule has 1 aliphatic heterocycles. The molecule has 2 fully saturated rings. The third kappa shape index (κ3) is 3.03. The molecule has 2 atom stereocenters. The van der Waals surface area contributed by atoms with Gasteiger partial charge in [0.15, 0.2) is 0 Å². The van der Waals surface area contributed by atoms with Crippen LogP contribution in [0.1, 0.15) is 46.0 Å². The second kappa shape index (κ2) is 5.74. The number of halogens is 4. The molecule has 0 bridgehead atoms. The number of nitrogens with zero attached hydrogens (tertiary/aromatic N) is 1. The van der Waals surface area contributed by atoms with Gasteiger partial charge < -0.3 is 4.90 Å². The molecule has 0 aromatic carbocycles. The maximum Gasteiger partial charge on any atom is 0.324 e. The summed E-state index contributed by atoms with van der Waals surface area (Å²) >= 11 is 0. The molecule has 1 N–H and O–H groups in total. The van der Waals surface area contributed by atoms with Crippen LogP contribution in [0.15, 0.2) is 0 Å². The summed E-state index contributed by atoms with van der Waals surface area (Å²) in [4.78, 5) is 13.4. The average Bonchev–Trinajstić information content (AvgIpc) is 3.01. The van der Waals surface area contributed by atoms with Crippen molar-refractivity contribution in [3.05, 3.63) is 0 Å². The van der Waals surface area contributed by atoms with Gasteiger partial charge in [0.25, 0.3) is 0 Å². The molecule has 1 saturated carbocycles. The highest BCUT2D eigenvalue weighted by molar-refractivity contribution is 5.88. The Balaban J connectivity index is 2.22. The van der Waals surface area contributed by atoms with Crippen molar-refractivity contribution in [2.45, 2.75) is 70.0 Å². The molecule has 122 valence electrons. The van der Waals surface area contributed by atoms with Gasteiger partial charge in [-0.1, -0.05) is 19.8 Å². The summed E-state index contributed by atoms with van der Waals surface area (Å²) < 4.78 is 51.8. The number of alkyl halides is 4. The van der Waals surface area contributed by atoms with Crippen LogP contribution in [0.25, 0.3) is 0 Å². The predicted octanol–water partition coefficient (Wildman–Crippen LogP) is 3.00. The summed E-state index contributed by atoms with van der Waals surface area (Å²) in [5.74, 6) is -4.61. The van der Waals surface area contributed by atoms with Crippen LogP contribution in [0, 0.1) is 5.92 Å². The maximum atomic E-state index is 13.4. The molecule has 2 aliphatic rings. The van der Waals surface area contributed by atoms with Crippen molar-refractivity contribution in [3.8, 4) is 0 Å². The molecule has 0 aromatic rings. The molecule has 7 heteroatoms. The van der Waals surface area contributed by atoms with E-state index in [4.69, 9.17) is 0 Å². The lowest BCUT2D eigenvalue weighted by Gasteiger charge is -2.31. The van der Waals surface area contributed by atoms with Crippen LogP contribution in [-0.4, -0.2) is 41.4 Å². The first-order valence-electron chi connectivity index (χ1n) is 7.46. The average molecular weight is 310 g/mol. The van der Waals surface area contributed by atoms with E-state index in [1.54, 1.807) is 13.8 Å². The van der Waals surface area contributed by atoms with Crippen LogP contribution < -0.4 is 5.32 Å².